The third-order valence-electron chi connectivity index (χ3n) is 7.09. The number of hydrogen-bond acceptors (Lipinski definition) is 5. The van der Waals surface area contributed by atoms with Crippen LogP contribution in [0.5, 0.6) is 0 Å². The maximum absolute atomic E-state index is 12.7. The minimum absolute atomic E-state index is 0.00741. The maximum Gasteiger partial charge on any atom is 0.257 e. The van der Waals surface area contributed by atoms with Crippen molar-refractivity contribution >= 4 is 5.91 Å². The average Bonchev–Trinajstić information content (AvgIpc) is 3.08. The summed E-state index contributed by atoms with van der Waals surface area (Å²) in [7, 11) is 1.82. The Morgan fingerprint density at radius 3 is 2.64 bits per heavy atom. The summed E-state index contributed by atoms with van der Waals surface area (Å²) < 4.78 is 14.4. The molecule has 0 radical (unpaired) electrons. The van der Waals surface area contributed by atoms with Crippen LogP contribution < -0.4 is 0 Å². The Kier molecular flexibility index (Phi) is 4.83. The van der Waals surface area contributed by atoms with Gasteiger partial charge in [-0.3, -0.25) is 9.48 Å². The Morgan fingerprint density at radius 2 is 2.04 bits per heavy atom. The van der Waals surface area contributed by atoms with Crippen molar-refractivity contribution in [1.29, 1.82) is 0 Å². The molecule has 28 heavy (non-hydrogen) atoms. The van der Waals surface area contributed by atoms with Crippen LogP contribution in [0.25, 0.3) is 0 Å². The summed E-state index contributed by atoms with van der Waals surface area (Å²) in [6.07, 6.45) is 7.74. The predicted molar refractivity (Wildman–Crippen MR) is 104 cm³/mol. The van der Waals surface area contributed by atoms with E-state index in [1.54, 1.807) is 17.1 Å². The number of fused-ring (bicyclic) bond motifs is 1. The molecule has 4 heterocycles. The summed E-state index contributed by atoms with van der Waals surface area (Å²) in [4.78, 5) is 14.6. The Hall–Kier alpha value is -1.44. The van der Waals surface area contributed by atoms with Crippen LogP contribution in [-0.2, 0) is 16.5 Å². The van der Waals surface area contributed by atoms with Gasteiger partial charge in [-0.1, -0.05) is 0 Å². The summed E-state index contributed by atoms with van der Waals surface area (Å²) >= 11 is 0. The van der Waals surface area contributed by atoms with E-state index in [0.717, 1.165) is 51.8 Å². The van der Waals surface area contributed by atoms with E-state index in [4.69, 9.17) is 9.47 Å². The van der Waals surface area contributed by atoms with Crippen molar-refractivity contribution in [3.63, 3.8) is 0 Å². The summed E-state index contributed by atoms with van der Waals surface area (Å²) in [5, 5.41) is 14.5. The molecule has 0 aromatic carbocycles. The molecule has 3 aliphatic rings. The lowest BCUT2D eigenvalue weighted by atomic mass is 9.68. The van der Waals surface area contributed by atoms with E-state index in [0.29, 0.717) is 5.56 Å². The van der Waals surface area contributed by atoms with Gasteiger partial charge in [0.15, 0.2) is 0 Å². The Bertz CT molecular complexity index is 732. The van der Waals surface area contributed by atoms with Crippen LogP contribution in [0.3, 0.4) is 0 Å². The second-order valence-electron chi connectivity index (χ2n) is 9.81. The first-order valence-electron chi connectivity index (χ1n) is 10.4. The van der Waals surface area contributed by atoms with Crippen LogP contribution in [0.4, 0.5) is 0 Å². The lowest BCUT2D eigenvalue weighted by Crippen LogP contribution is -2.61. The zero-order valence-electron chi connectivity index (χ0n) is 17.5. The number of piperidine rings is 1. The van der Waals surface area contributed by atoms with Crippen molar-refractivity contribution in [3.05, 3.63) is 18.0 Å². The Morgan fingerprint density at radius 1 is 1.32 bits per heavy atom. The molecule has 3 aliphatic heterocycles. The molecule has 7 nitrogen and oxygen atoms in total. The number of aliphatic hydroxyl groups is 1. The molecule has 1 amide bonds. The fraction of sp³-hybridized carbons (Fsp3) is 0.810. The molecule has 3 saturated heterocycles. The molecule has 3 fully saturated rings. The van der Waals surface area contributed by atoms with Gasteiger partial charge in [0.05, 0.1) is 41.8 Å². The fourth-order valence-corrected chi connectivity index (χ4v) is 4.95. The van der Waals surface area contributed by atoms with E-state index in [-0.39, 0.29) is 29.1 Å². The van der Waals surface area contributed by atoms with E-state index >= 15 is 0 Å². The topological polar surface area (TPSA) is 76.8 Å². The minimum atomic E-state index is -0.842. The van der Waals surface area contributed by atoms with Gasteiger partial charge in [0.25, 0.3) is 5.91 Å². The van der Waals surface area contributed by atoms with Gasteiger partial charge < -0.3 is 19.5 Å². The number of hydrogen-bond donors (Lipinski definition) is 1. The lowest BCUT2D eigenvalue weighted by molar-refractivity contribution is -0.271. The van der Waals surface area contributed by atoms with Crippen LogP contribution in [0.15, 0.2) is 12.4 Å². The third kappa shape index (κ3) is 3.60. The number of aryl methyl sites for hydroxylation is 1. The molecule has 1 aromatic heterocycles. The highest BCUT2D eigenvalue weighted by Gasteiger charge is 2.53. The molecule has 0 aliphatic carbocycles. The number of rotatable bonds is 2. The van der Waals surface area contributed by atoms with E-state index in [1.807, 2.05) is 25.8 Å². The van der Waals surface area contributed by atoms with Crippen molar-refractivity contribution in [2.45, 2.75) is 76.3 Å². The summed E-state index contributed by atoms with van der Waals surface area (Å²) in [6.45, 7) is 7.98. The summed E-state index contributed by atoms with van der Waals surface area (Å²) in [5.74, 6) is 0.0560. The van der Waals surface area contributed by atoms with Crippen molar-refractivity contribution in [1.82, 2.24) is 14.7 Å². The first kappa shape index (κ1) is 19.9. The number of likely N-dealkylation sites (tertiary alicyclic amines) is 1. The van der Waals surface area contributed by atoms with Gasteiger partial charge in [0.2, 0.25) is 0 Å². The van der Waals surface area contributed by atoms with Gasteiger partial charge in [-0.05, 0) is 58.3 Å². The van der Waals surface area contributed by atoms with Crippen molar-refractivity contribution in [3.8, 4) is 0 Å². The van der Waals surface area contributed by atoms with E-state index in [1.165, 1.54) is 0 Å². The number of aromatic nitrogens is 2. The van der Waals surface area contributed by atoms with Crippen LogP contribution in [0, 0.1) is 5.41 Å². The zero-order valence-corrected chi connectivity index (χ0v) is 17.5. The van der Waals surface area contributed by atoms with Gasteiger partial charge in [-0.15, -0.1) is 0 Å². The van der Waals surface area contributed by atoms with Crippen molar-refractivity contribution in [2.24, 2.45) is 12.5 Å². The van der Waals surface area contributed by atoms with Gasteiger partial charge in [0, 0.05) is 26.3 Å². The second-order valence-corrected chi connectivity index (χ2v) is 9.81. The molecular weight excluding hydrogens is 358 g/mol. The number of nitrogens with zero attached hydrogens (tertiary/aromatic N) is 3. The van der Waals surface area contributed by atoms with Gasteiger partial charge in [-0.2, -0.15) is 5.10 Å². The highest BCUT2D eigenvalue weighted by atomic mass is 16.6. The molecule has 0 saturated carbocycles. The number of amides is 1. The molecule has 0 unspecified atom stereocenters. The lowest BCUT2D eigenvalue weighted by Gasteiger charge is -2.56. The van der Waals surface area contributed by atoms with E-state index < -0.39 is 5.60 Å². The zero-order chi connectivity index (χ0) is 20.2. The molecule has 1 spiro atoms. The minimum Gasteiger partial charge on any atom is -0.388 e. The summed E-state index contributed by atoms with van der Waals surface area (Å²) in [6, 6.07) is 0. The molecule has 0 bridgehead atoms. The molecule has 4 rings (SSSR count). The van der Waals surface area contributed by atoms with Gasteiger partial charge in [0.1, 0.15) is 0 Å². The summed E-state index contributed by atoms with van der Waals surface area (Å²) in [5.41, 5.74) is -0.409. The quantitative estimate of drug-likeness (QED) is 0.836. The van der Waals surface area contributed by atoms with E-state index in [2.05, 4.69) is 12.0 Å². The van der Waals surface area contributed by atoms with Crippen LogP contribution in [0.1, 0.15) is 63.2 Å². The highest BCUT2D eigenvalue weighted by Crippen LogP contribution is 2.49. The van der Waals surface area contributed by atoms with Gasteiger partial charge >= 0.3 is 0 Å². The monoisotopic (exact) mass is 391 g/mol. The largest absolute Gasteiger partial charge is 0.388 e. The number of carbonyl (C=O) groups is 1. The molecule has 156 valence electrons. The number of carbonyl (C=O) groups excluding carboxylic acids is 1. The molecular formula is C21H33N3O4. The Balaban J connectivity index is 1.41. The normalized spacial score (nSPS) is 33.0. The predicted octanol–water partition coefficient (Wildman–Crippen LogP) is 2.14. The van der Waals surface area contributed by atoms with Crippen LogP contribution in [-0.4, -0.2) is 68.8 Å². The molecule has 3 atom stereocenters. The van der Waals surface area contributed by atoms with Crippen molar-refractivity contribution in [2.75, 3.05) is 19.7 Å². The van der Waals surface area contributed by atoms with E-state index in [9.17, 15) is 9.90 Å². The molecule has 1 aromatic rings. The fourth-order valence-electron chi connectivity index (χ4n) is 4.95. The maximum atomic E-state index is 12.7. The Labute approximate surface area is 167 Å². The van der Waals surface area contributed by atoms with Crippen molar-refractivity contribution < 1.29 is 19.4 Å². The SMILES string of the molecule is Cn1cc(C(=O)N2CCC3(CC2)CO[C@]2(C)CC[C@@H](C(C)(C)O)O[C@H]2C3)cn1. The first-order valence-corrected chi connectivity index (χ1v) is 10.4. The van der Waals surface area contributed by atoms with Crippen LogP contribution in [0.2, 0.25) is 0 Å². The standard InChI is InChI=1S/C21H33N3O4/c1-19(2,26)16-5-6-20(3)17(28-16)11-21(14-27-20)7-9-24(10-8-21)18(25)15-12-22-23(4)13-15/h12-13,16-17,26H,5-11,14H2,1-4H3/t16-,17-,20+/m0/s1. The number of ether oxygens (including phenoxy) is 2. The third-order valence-corrected chi connectivity index (χ3v) is 7.09. The highest BCUT2D eigenvalue weighted by molar-refractivity contribution is 5.93. The first-order chi connectivity index (χ1) is 13.1. The average molecular weight is 392 g/mol. The molecule has 1 N–H and O–H groups in total. The molecule has 7 heteroatoms. The smallest absolute Gasteiger partial charge is 0.257 e. The van der Waals surface area contributed by atoms with Gasteiger partial charge in [-0.25, -0.2) is 0 Å². The second kappa shape index (κ2) is 6.82. The van der Waals surface area contributed by atoms with Crippen LogP contribution >= 0.6 is 0 Å².